The third kappa shape index (κ3) is 6.02. The highest BCUT2D eigenvalue weighted by molar-refractivity contribution is 5.78. The maximum atomic E-state index is 11.9. The maximum Gasteiger partial charge on any atom is 0.231 e. The largest absolute Gasteiger partial charge is 0.369 e. The van der Waals surface area contributed by atoms with E-state index in [1.807, 2.05) is 11.8 Å². The Morgan fingerprint density at radius 2 is 2.00 bits per heavy atom. The molecule has 1 aliphatic heterocycles. The van der Waals surface area contributed by atoms with E-state index in [0.29, 0.717) is 13.1 Å². The zero-order chi connectivity index (χ0) is 14.3. The third-order valence-electron chi connectivity index (χ3n) is 3.60. The summed E-state index contributed by atoms with van der Waals surface area (Å²) in [5, 5.41) is 3.08. The normalized spacial score (nSPS) is 19.1. The molecule has 0 aromatic rings. The van der Waals surface area contributed by atoms with Crippen LogP contribution >= 0.6 is 0 Å². The van der Waals surface area contributed by atoms with Crippen LogP contribution in [0.1, 0.15) is 32.6 Å². The van der Waals surface area contributed by atoms with Crippen molar-refractivity contribution in [2.75, 3.05) is 26.2 Å². The van der Waals surface area contributed by atoms with Crippen LogP contribution in [-0.4, -0.2) is 48.9 Å². The molecule has 1 unspecified atom stereocenters. The van der Waals surface area contributed by atoms with E-state index < -0.39 is 0 Å². The number of nitrogens with zero attached hydrogens (tertiary/aromatic N) is 1. The molecule has 110 valence electrons. The van der Waals surface area contributed by atoms with Gasteiger partial charge in [0.25, 0.3) is 0 Å². The van der Waals surface area contributed by atoms with Crippen molar-refractivity contribution in [1.82, 2.24) is 10.2 Å². The molecule has 5 N–H and O–H groups in total. The molecule has 1 saturated heterocycles. The minimum absolute atomic E-state index is 0.0206. The Morgan fingerprint density at radius 3 is 2.53 bits per heavy atom. The van der Waals surface area contributed by atoms with Crippen LogP contribution < -0.4 is 16.8 Å². The molecule has 1 atom stereocenters. The second kappa shape index (κ2) is 8.12. The van der Waals surface area contributed by atoms with Gasteiger partial charge in [-0.1, -0.05) is 6.92 Å². The fourth-order valence-electron chi connectivity index (χ4n) is 2.35. The Bertz CT molecular complexity index is 301. The summed E-state index contributed by atoms with van der Waals surface area (Å²) >= 11 is 0. The van der Waals surface area contributed by atoms with Crippen LogP contribution in [0.4, 0.5) is 0 Å². The number of nitrogens with two attached hydrogens (primary N) is 2. The number of piperidine rings is 1. The number of likely N-dealkylation sites (tertiary alicyclic amines) is 1. The van der Waals surface area contributed by atoms with Gasteiger partial charge in [-0.3, -0.25) is 14.5 Å². The van der Waals surface area contributed by atoms with Gasteiger partial charge in [-0.25, -0.2) is 0 Å². The van der Waals surface area contributed by atoms with Crippen molar-refractivity contribution in [3.05, 3.63) is 0 Å². The molecule has 0 radical (unpaired) electrons. The van der Waals surface area contributed by atoms with Crippen molar-refractivity contribution >= 4 is 11.8 Å². The molecular weight excluding hydrogens is 244 g/mol. The minimum Gasteiger partial charge on any atom is -0.369 e. The number of hydrogen-bond acceptors (Lipinski definition) is 4. The molecule has 2 amide bonds. The Morgan fingerprint density at radius 1 is 1.37 bits per heavy atom. The monoisotopic (exact) mass is 270 g/mol. The first-order chi connectivity index (χ1) is 9.02. The van der Waals surface area contributed by atoms with Crippen LogP contribution in [0.2, 0.25) is 0 Å². The molecule has 1 fully saturated rings. The van der Waals surface area contributed by atoms with Crippen LogP contribution in [0.25, 0.3) is 0 Å². The molecule has 6 nitrogen and oxygen atoms in total. The van der Waals surface area contributed by atoms with E-state index in [9.17, 15) is 9.59 Å². The summed E-state index contributed by atoms with van der Waals surface area (Å²) in [6.07, 6.45) is 3.47. The lowest BCUT2D eigenvalue weighted by molar-refractivity contribution is -0.126. The minimum atomic E-state index is -0.294. The van der Waals surface area contributed by atoms with Gasteiger partial charge < -0.3 is 16.8 Å². The molecule has 0 aromatic carbocycles. The van der Waals surface area contributed by atoms with Crippen LogP contribution in [0.3, 0.4) is 0 Å². The van der Waals surface area contributed by atoms with Gasteiger partial charge in [-0.2, -0.15) is 0 Å². The third-order valence-corrected chi connectivity index (χ3v) is 3.60. The first-order valence-corrected chi connectivity index (χ1v) is 7.04. The molecule has 0 bridgehead atoms. The molecule has 6 heteroatoms. The van der Waals surface area contributed by atoms with Crippen LogP contribution in [0.15, 0.2) is 0 Å². The first kappa shape index (κ1) is 15.9. The highest BCUT2D eigenvalue weighted by Crippen LogP contribution is 2.12. The number of amides is 2. The Balaban J connectivity index is 2.24. The quantitative estimate of drug-likeness (QED) is 0.576. The second-order valence-corrected chi connectivity index (χ2v) is 5.36. The predicted octanol–water partition coefficient (Wildman–Crippen LogP) is -0.573. The van der Waals surface area contributed by atoms with Gasteiger partial charge in [-0.05, 0) is 32.2 Å². The van der Waals surface area contributed by atoms with Gasteiger partial charge in [-0.15, -0.1) is 0 Å². The number of carbonyl (C=O) groups is 2. The number of rotatable bonds is 7. The summed E-state index contributed by atoms with van der Waals surface area (Å²) in [5.41, 5.74) is 10.6. The van der Waals surface area contributed by atoms with E-state index in [1.54, 1.807) is 0 Å². The van der Waals surface area contributed by atoms with Crippen molar-refractivity contribution in [2.45, 2.75) is 38.6 Å². The summed E-state index contributed by atoms with van der Waals surface area (Å²) in [5.74, 6) is -0.160. The number of carbonyl (C=O) groups excluding carboxylic acids is 2. The molecule has 19 heavy (non-hydrogen) atoms. The van der Waals surface area contributed by atoms with Gasteiger partial charge in [0.2, 0.25) is 11.8 Å². The maximum absolute atomic E-state index is 11.9. The standard InChI is InChI=1S/C13H26N4O2/c1-10(3-2-6-14)13(19)16-11-4-7-17(8-5-11)9-12(15)18/h10-11H,2-9,14H2,1H3,(H2,15,18)(H,16,19). The van der Waals surface area contributed by atoms with Crippen molar-refractivity contribution in [3.8, 4) is 0 Å². The number of primary amides is 1. The van der Waals surface area contributed by atoms with Gasteiger partial charge in [0.1, 0.15) is 0 Å². The smallest absolute Gasteiger partial charge is 0.231 e. The van der Waals surface area contributed by atoms with E-state index in [1.165, 1.54) is 0 Å². The van der Waals surface area contributed by atoms with Crippen molar-refractivity contribution in [1.29, 1.82) is 0 Å². The molecule has 1 aliphatic rings. The molecule has 1 rings (SSSR count). The average Bonchev–Trinajstić information content (AvgIpc) is 2.37. The topological polar surface area (TPSA) is 101 Å². The van der Waals surface area contributed by atoms with Crippen molar-refractivity contribution < 1.29 is 9.59 Å². The van der Waals surface area contributed by atoms with Gasteiger partial charge in [0.15, 0.2) is 0 Å². The highest BCUT2D eigenvalue weighted by Gasteiger charge is 2.23. The van der Waals surface area contributed by atoms with E-state index in [0.717, 1.165) is 38.8 Å². The lowest BCUT2D eigenvalue weighted by Gasteiger charge is -2.32. The summed E-state index contributed by atoms with van der Waals surface area (Å²) in [7, 11) is 0. The Hall–Kier alpha value is -1.14. The Kier molecular flexibility index (Phi) is 6.80. The van der Waals surface area contributed by atoms with Crippen LogP contribution in [0.5, 0.6) is 0 Å². The van der Waals surface area contributed by atoms with E-state index >= 15 is 0 Å². The Labute approximate surface area is 114 Å². The molecular formula is C13H26N4O2. The van der Waals surface area contributed by atoms with E-state index in [-0.39, 0.29) is 23.8 Å². The summed E-state index contributed by atoms with van der Waals surface area (Å²) in [6, 6.07) is 0.219. The van der Waals surface area contributed by atoms with E-state index in [4.69, 9.17) is 11.5 Å². The SMILES string of the molecule is CC(CCCN)C(=O)NC1CCN(CC(N)=O)CC1. The summed E-state index contributed by atoms with van der Waals surface area (Å²) in [6.45, 7) is 4.50. The average molecular weight is 270 g/mol. The zero-order valence-electron chi connectivity index (χ0n) is 11.7. The molecule has 1 heterocycles. The summed E-state index contributed by atoms with van der Waals surface area (Å²) < 4.78 is 0. The van der Waals surface area contributed by atoms with Crippen molar-refractivity contribution in [3.63, 3.8) is 0 Å². The molecule has 0 saturated carbocycles. The van der Waals surface area contributed by atoms with E-state index in [2.05, 4.69) is 5.32 Å². The van der Waals surface area contributed by atoms with Crippen LogP contribution in [0, 0.1) is 5.92 Å². The van der Waals surface area contributed by atoms with Gasteiger partial charge >= 0.3 is 0 Å². The van der Waals surface area contributed by atoms with Crippen molar-refractivity contribution in [2.24, 2.45) is 17.4 Å². The summed E-state index contributed by atoms with van der Waals surface area (Å²) in [4.78, 5) is 24.8. The fraction of sp³-hybridized carbons (Fsp3) is 0.846. The van der Waals surface area contributed by atoms with Gasteiger partial charge in [0, 0.05) is 25.0 Å². The lowest BCUT2D eigenvalue weighted by atomic mass is 10.0. The molecule has 0 aromatic heterocycles. The van der Waals surface area contributed by atoms with Gasteiger partial charge in [0.05, 0.1) is 6.54 Å². The highest BCUT2D eigenvalue weighted by atomic mass is 16.2. The molecule has 0 spiro atoms. The second-order valence-electron chi connectivity index (χ2n) is 5.36. The lowest BCUT2D eigenvalue weighted by Crippen LogP contribution is -2.47. The molecule has 0 aliphatic carbocycles. The van der Waals surface area contributed by atoms with Crippen LogP contribution in [-0.2, 0) is 9.59 Å². The number of nitrogens with one attached hydrogen (secondary N) is 1. The predicted molar refractivity (Wildman–Crippen MR) is 74.3 cm³/mol. The zero-order valence-corrected chi connectivity index (χ0v) is 11.7. The first-order valence-electron chi connectivity index (χ1n) is 7.04. The number of hydrogen-bond donors (Lipinski definition) is 3. The fourth-order valence-corrected chi connectivity index (χ4v) is 2.35.